The number of benzene rings is 10. The first-order chi connectivity index (χ1) is 32.1. The van der Waals surface area contributed by atoms with Crippen molar-refractivity contribution in [1.82, 2.24) is 0 Å². The van der Waals surface area contributed by atoms with Gasteiger partial charge in [-0.2, -0.15) is 0 Å². The van der Waals surface area contributed by atoms with Gasteiger partial charge in [0, 0.05) is 17.1 Å². The van der Waals surface area contributed by atoms with Gasteiger partial charge < -0.3 is 4.90 Å². The third-order valence-electron chi connectivity index (χ3n) is 12.9. The van der Waals surface area contributed by atoms with Crippen molar-refractivity contribution in [2.24, 2.45) is 0 Å². The third kappa shape index (κ3) is 9.37. The molecule has 65 heavy (non-hydrogen) atoms. The number of nitrogens with zero attached hydrogens (tertiary/aromatic N) is 1. The molecule has 0 saturated carbocycles. The number of rotatable bonds is 13. The zero-order chi connectivity index (χ0) is 43.8. The van der Waals surface area contributed by atoms with Crippen molar-refractivity contribution in [3.63, 3.8) is 0 Å². The average molecular weight is 834 g/mol. The average Bonchev–Trinajstić information content (AvgIpc) is 3.40. The zero-order valence-electron chi connectivity index (χ0n) is 36.7. The van der Waals surface area contributed by atoms with Gasteiger partial charge >= 0.3 is 0 Å². The van der Waals surface area contributed by atoms with E-state index >= 15 is 0 Å². The summed E-state index contributed by atoms with van der Waals surface area (Å²) in [6.07, 6.45) is 0.969. The minimum Gasteiger partial charge on any atom is -0.311 e. The van der Waals surface area contributed by atoms with Crippen molar-refractivity contribution in [1.29, 1.82) is 0 Å². The fraction of sp³-hybridized carbons (Fsp3) is 0.0625. The van der Waals surface area contributed by atoms with Crippen molar-refractivity contribution in [2.45, 2.75) is 25.2 Å². The van der Waals surface area contributed by atoms with Crippen LogP contribution in [-0.2, 0) is 6.42 Å². The highest BCUT2D eigenvalue weighted by Crippen LogP contribution is 2.40. The maximum Gasteiger partial charge on any atom is 0.0462 e. The molecule has 0 aromatic heterocycles. The molecular weight excluding hydrogens is 783 g/mol. The highest BCUT2D eigenvalue weighted by Gasteiger charge is 2.22. The van der Waals surface area contributed by atoms with Crippen LogP contribution in [0.15, 0.2) is 267 Å². The Hall–Kier alpha value is -8.00. The molecule has 1 heteroatoms. The molecule has 0 bridgehead atoms. The summed E-state index contributed by atoms with van der Waals surface area (Å²) in [4.78, 5) is 2.35. The van der Waals surface area contributed by atoms with Gasteiger partial charge in [-0.1, -0.05) is 237 Å². The van der Waals surface area contributed by atoms with Gasteiger partial charge in [0.05, 0.1) is 0 Å². The van der Waals surface area contributed by atoms with E-state index in [1.54, 1.807) is 0 Å². The Kier molecular flexibility index (Phi) is 12.1. The lowest BCUT2D eigenvalue weighted by atomic mass is 9.78. The summed E-state index contributed by atoms with van der Waals surface area (Å²) in [5, 5.41) is 0. The Morgan fingerprint density at radius 3 is 0.831 bits per heavy atom. The summed E-state index contributed by atoms with van der Waals surface area (Å²) in [7, 11) is 0. The Labute approximate surface area is 384 Å². The summed E-state index contributed by atoms with van der Waals surface area (Å²) >= 11 is 0. The Morgan fingerprint density at radius 1 is 0.262 bits per heavy atom. The number of hydrogen-bond acceptors (Lipinski definition) is 1. The van der Waals surface area contributed by atoms with E-state index in [4.69, 9.17) is 0 Å². The SMILES string of the molecule is CC(c1ccc(-c2ccc(N(c3ccc(-c4ccccc4)cc3)c3ccc(-c4ccccc4)cc3)cc2)cc1)C(Cc1ccccc1)c1ccc(-c2ccc(-c3ccccc3)cc2)cc1. The Morgan fingerprint density at radius 2 is 0.508 bits per heavy atom. The second-order valence-electron chi connectivity index (χ2n) is 17.0. The molecule has 0 amide bonds. The van der Waals surface area contributed by atoms with Crippen LogP contribution in [0.2, 0.25) is 0 Å². The molecule has 10 rings (SSSR count). The molecule has 0 heterocycles. The van der Waals surface area contributed by atoms with E-state index in [0.29, 0.717) is 11.8 Å². The predicted molar refractivity (Wildman–Crippen MR) is 276 cm³/mol. The Balaban J connectivity index is 0.899. The van der Waals surface area contributed by atoms with Crippen molar-refractivity contribution < 1.29 is 0 Å². The second-order valence-corrected chi connectivity index (χ2v) is 17.0. The van der Waals surface area contributed by atoms with Crippen molar-refractivity contribution >= 4 is 17.1 Å². The van der Waals surface area contributed by atoms with Gasteiger partial charge in [0.15, 0.2) is 0 Å². The summed E-state index contributed by atoms with van der Waals surface area (Å²) in [6.45, 7) is 2.39. The van der Waals surface area contributed by atoms with Crippen LogP contribution in [0.25, 0.3) is 55.6 Å². The highest BCUT2D eigenvalue weighted by atomic mass is 15.1. The van der Waals surface area contributed by atoms with Crippen LogP contribution >= 0.6 is 0 Å². The van der Waals surface area contributed by atoms with E-state index in [0.717, 1.165) is 23.5 Å². The molecule has 10 aromatic carbocycles. The van der Waals surface area contributed by atoms with Crippen LogP contribution in [0, 0.1) is 0 Å². The summed E-state index contributed by atoms with van der Waals surface area (Å²) in [5.74, 6) is 0.615. The molecule has 2 unspecified atom stereocenters. The van der Waals surface area contributed by atoms with Crippen LogP contribution in [0.1, 0.15) is 35.4 Å². The van der Waals surface area contributed by atoms with E-state index < -0.39 is 0 Å². The van der Waals surface area contributed by atoms with Crippen LogP contribution in [0.4, 0.5) is 17.1 Å². The quantitative estimate of drug-likeness (QED) is 0.112. The standard InChI is InChI=1S/C64H51N/c1-47(64(46-48-14-6-2-7-15-48)60-32-30-56(31-33-60)55-28-26-53(27-29-55)50-16-8-3-9-17-50)49-22-24-54(25-23-49)59-38-44-63(45-39-59)65(61-40-34-57(35-41-61)51-18-10-4-11-19-51)62-42-36-58(37-43-62)52-20-12-5-13-21-52/h2-45,47,64H,46H2,1H3. The lowest BCUT2D eigenvalue weighted by Gasteiger charge is -2.26. The maximum atomic E-state index is 2.39. The van der Waals surface area contributed by atoms with E-state index in [1.165, 1.54) is 72.3 Å². The fourth-order valence-electron chi connectivity index (χ4n) is 9.19. The lowest BCUT2D eigenvalue weighted by molar-refractivity contribution is 0.572. The van der Waals surface area contributed by atoms with Crippen molar-refractivity contribution in [2.75, 3.05) is 4.90 Å². The van der Waals surface area contributed by atoms with E-state index in [-0.39, 0.29) is 0 Å². The number of anilines is 3. The van der Waals surface area contributed by atoms with Gasteiger partial charge in [-0.05, 0) is 127 Å². The molecule has 0 aliphatic rings. The topological polar surface area (TPSA) is 3.24 Å². The van der Waals surface area contributed by atoms with Crippen LogP contribution in [0.3, 0.4) is 0 Å². The van der Waals surface area contributed by atoms with Gasteiger partial charge in [-0.15, -0.1) is 0 Å². The molecule has 1 nitrogen and oxygen atoms in total. The number of hydrogen-bond donors (Lipinski definition) is 0. The van der Waals surface area contributed by atoms with Crippen LogP contribution in [0.5, 0.6) is 0 Å². The smallest absolute Gasteiger partial charge is 0.0462 e. The van der Waals surface area contributed by atoms with E-state index in [2.05, 4.69) is 279 Å². The molecule has 312 valence electrons. The molecule has 0 aliphatic heterocycles. The Bertz CT molecular complexity index is 2950. The summed E-state index contributed by atoms with van der Waals surface area (Å²) in [5.41, 5.74) is 19.6. The molecule has 10 aromatic rings. The highest BCUT2D eigenvalue weighted by molar-refractivity contribution is 5.81. The zero-order valence-corrected chi connectivity index (χ0v) is 36.7. The molecule has 0 radical (unpaired) electrons. The van der Waals surface area contributed by atoms with Crippen molar-refractivity contribution in [3.8, 4) is 55.6 Å². The van der Waals surface area contributed by atoms with Crippen LogP contribution in [-0.4, -0.2) is 0 Å². The van der Waals surface area contributed by atoms with E-state index in [1.807, 2.05) is 0 Å². The second kappa shape index (κ2) is 19.2. The van der Waals surface area contributed by atoms with E-state index in [9.17, 15) is 0 Å². The van der Waals surface area contributed by atoms with Gasteiger partial charge in [0.2, 0.25) is 0 Å². The fourth-order valence-corrected chi connectivity index (χ4v) is 9.19. The largest absolute Gasteiger partial charge is 0.311 e. The maximum absolute atomic E-state index is 2.39. The minimum absolute atomic E-state index is 0.303. The molecule has 0 saturated heterocycles. The molecule has 0 N–H and O–H groups in total. The first-order valence-electron chi connectivity index (χ1n) is 22.7. The summed E-state index contributed by atoms with van der Waals surface area (Å²) in [6, 6.07) is 96.9. The minimum atomic E-state index is 0.303. The van der Waals surface area contributed by atoms with Gasteiger partial charge in [-0.25, -0.2) is 0 Å². The molecule has 0 spiro atoms. The third-order valence-corrected chi connectivity index (χ3v) is 12.9. The molecule has 0 fully saturated rings. The summed E-state index contributed by atoms with van der Waals surface area (Å²) < 4.78 is 0. The normalized spacial score (nSPS) is 12.0. The van der Waals surface area contributed by atoms with Crippen molar-refractivity contribution in [3.05, 3.63) is 284 Å². The van der Waals surface area contributed by atoms with Gasteiger partial charge in [0.25, 0.3) is 0 Å². The molecular formula is C64H51N. The van der Waals surface area contributed by atoms with Crippen LogP contribution < -0.4 is 4.90 Å². The lowest BCUT2D eigenvalue weighted by Crippen LogP contribution is -2.12. The van der Waals surface area contributed by atoms with Gasteiger partial charge in [-0.3, -0.25) is 0 Å². The molecule has 0 aliphatic carbocycles. The first kappa shape index (κ1) is 41.0. The first-order valence-corrected chi connectivity index (χ1v) is 22.7. The predicted octanol–water partition coefficient (Wildman–Crippen LogP) is 17.6. The molecule has 2 atom stereocenters. The van der Waals surface area contributed by atoms with Gasteiger partial charge in [0.1, 0.15) is 0 Å². The monoisotopic (exact) mass is 833 g/mol.